The Balaban J connectivity index is 1.67. The molecule has 28 heavy (non-hydrogen) atoms. The highest BCUT2D eigenvalue weighted by Crippen LogP contribution is 2.49. The molecule has 1 fully saturated rings. The molecule has 0 aromatic heterocycles. The molecule has 3 aliphatic heterocycles. The number of hydrogen-bond donors (Lipinski definition) is 0. The number of fused-ring (bicyclic) bond motifs is 7. The van der Waals surface area contributed by atoms with E-state index in [1.54, 1.807) is 0 Å². The van der Waals surface area contributed by atoms with Crippen molar-refractivity contribution < 1.29 is 9.53 Å². The van der Waals surface area contributed by atoms with Gasteiger partial charge in [0.1, 0.15) is 12.1 Å². The summed E-state index contributed by atoms with van der Waals surface area (Å²) in [4.78, 5) is 18.5. The number of carbonyl (C=O) groups excluding carboxylic acids is 1. The van der Waals surface area contributed by atoms with Crippen molar-refractivity contribution in [2.75, 3.05) is 19.7 Å². The number of hydrogen-bond acceptors (Lipinski definition) is 4. The van der Waals surface area contributed by atoms with Crippen molar-refractivity contribution in [3.8, 4) is 0 Å². The van der Waals surface area contributed by atoms with Crippen LogP contribution in [0.5, 0.6) is 0 Å². The van der Waals surface area contributed by atoms with Crippen LogP contribution in [0.15, 0.2) is 48.5 Å². The fourth-order valence-corrected chi connectivity index (χ4v) is 5.59. The van der Waals surface area contributed by atoms with E-state index in [2.05, 4.69) is 58.3 Å². The molecule has 0 amide bonds. The van der Waals surface area contributed by atoms with E-state index in [1.165, 1.54) is 22.3 Å². The molecule has 4 nitrogen and oxygen atoms in total. The molecule has 2 aromatic rings. The lowest BCUT2D eigenvalue weighted by atomic mass is 9.79. The van der Waals surface area contributed by atoms with Gasteiger partial charge >= 0.3 is 5.97 Å². The summed E-state index contributed by atoms with van der Waals surface area (Å²) in [6.07, 6.45) is 2.04. The fraction of sp³-hybridized carbons (Fsp3) is 0.391. The van der Waals surface area contributed by atoms with E-state index in [0.717, 1.165) is 30.9 Å². The van der Waals surface area contributed by atoms with Gasteiger partial charge in [0.25, 0.3) is 0 Å². The Morgan fingerprint density at radius 3 is 2.43 bits per heavy atom. The summed E-state index contributed by atoms with van der Waals surface area (Å²) in [5, 5.41) is 0. The topological polar surface area (TPSA) is 32.8 Å². The maximum atomic E-state index is 13.0. The smallest absolute Gasteiger partial charge is 0.317 e. The summed E-state index contributed by atoms with van der Waals surface area (Å²) in [7, 11) is 0. The number of rotatable bonds is 2. The third-order valence-electron chi connectivity index (χ3n) is 6.34. The highest BCUT2D eigenvalue weighted by Gasteiger charge is 2.52. The molecule has 0 radical (unpaired) electrons. The van der Waals surface area contributed by atoms with Crippen LogP contribution in [0.2, 0.25) is 0 Å². The number of ether oxygens (including phenoxy) is 1. The van der Waals surface area contributed by atoms with Crippen molar-refractivity contribution in [3.63, 3.8) is 0 Å². The van der Waals surface area contributed by atoms with Crippen LogP contribution in [0.4, 0.5) is 0 Å². The molecular weight excluding hydrogens is 368 g/mol. The van der Waals surface area contributed by atoms with E-state index in [0.29, 0.717) is 6.61 Å². The number of esters is 1. The first-order valence-corrected chi connectivity index (χ1v) is 10.5. The molecule has 0 unspecified atom stereocenters. The highest BCUT2D eigenvalue weighted by molar-refractivity contribution is 7.80. The first-order chi connectivity index (χ1) is 13.7. The Hall–Kier alpha value is -2.24. The van der Waals surface area contributed by atoms with Crippen LogP contribution in [0.1, 0.15) is 41.4 Å². The summed E-state index contributed by atoms with van der Waals surface area (Å²) < 4.78 is 5.49. The Morgan fingerprint density at radius 2 is 1.68 bits per heavy atom. The van der Waals surface area contributed by atoms with E-state index < -0.39 is 5.92 Å². The van der Waals surface area contributed by atoms with Crippen LogP contribution < -0.4 is 0 Å². The monoisotopic (exact) mass is 392 g/mol. The van der Waals surface area contributed by atoms with Gasteiger partial charge in [-0.05, 0) is 42.0 Å². The highest BCUT2D eigenvalue weighted by atomic mass is 32.1. The van der Waals surface area contributed by atoms with Crippen molar-refractivity contribution >= 4 is 23.2 Å². The molecule has 3 heterocycles. The molecule has 5 rings (SSSR count). The van der Waals surface area contributed by atoms with Gasteiger partial charge in [0.15, 0.2) is 0 Å². The zero-order valence-corrected chi connectivity index (χ0v) is 16.8. The van der Waals surface area contributed by atoms with Gasteiger partial charge in [-0.3, -0.25) is 9.69 Å². The van der Waals surface area contributed by atoms with Crippen molar-refractivity contribution in [2.24, 2.45) is 5.92 Å². The minimum absolute atomic E-state index is 0.0658. The number of carbonyl (C=O) groups is 1. The quantitative estimate of drug-likeness (QED) is 0.575. The third-order valence-corrected chi connectivity index (χ3v) is 6.83. The van der Waals surface area contributed by atoms with Gasteiger partial charge in [0.05, 0.1) is 17.6 Å². The first-order valence-electron chi connectivity index (χ1n) is 10.1. The van der Waals surface area contributed by atoms with Gasteiger partial charge in [-0.25, -0.2) is 0 Å². The molecule has 1 saturated heterocycles. The second kappa shape index (κ2) is 6.98. The Labute approximate surface area is 171 Å². The zero-order valence-electron chi connectivity index (χ0n) is 16.0. The lowest BCUT2D eigenvalue weighted by molar-refractivity contribution is -0.151. The van der Waals surface area contributed by atoms with Crippen LogP contribution in [0.25, 0.3) is 0 Å². The lowest BCUT2D eigenvalue weighted by Crippen LogP contribution is -2.61. The van der Waals surface area contributed by atoms with Gasteiger partial charge in [-0.15, -0.1) is 0 Å². The predicted molar refractivity (Wildman–Crippen MR) is 112 cm³/mol. The van der Waals surface area contributed by atoms with Crippen LogP contribution >= 0.6 is 12.2 Å². The van der Waals surface area contributed by atoms with Gasteiger partial charge in [-0.2, -0.15) is 0 Å². The van der Waals surface area contributed by atoms with E-state index in [-0.39, 0.29) is 18.2 Å². The average molecular weight is 393 g/mol. The van der Waals surface area contributed by atoms with Crippen molar-refractivity contribution in [2.45, 2.75) is 32.0 Å². The fourth-order valence-electron chi connectivity index (χ4n) is 5.17. The molecular formula is C23H24N2O2S. The second-order valence-electron chi connectivity index (χ2n) is 7.72. The molecule has 0 bridgehead atoms. The van der Waals surface area contributed by atoms with Gasteiger partial charge in [0.2, 0.25) is 0 Å². The van der Waals surface area contributed by atoms with Crippen LogP contribution in [0, 0.1) is 5.92 Å². The van der Waals surface area contributed by atoms with E-state index in [9.17, 15) is 4.79 Å². The Kier molecular flexibility index (Phi) is 4.44. The molecule has 0 saturated carbocycles. The average Bonchev–Trinajstić information content (AvgIpc) is 2.73. The molecule has 0 spiro atoms. The van der Waals surface area contributed by atoms with Crippen molar-refractivity contribution in [1.29, 1.82) is 0 Å². The van der Waals surface area contributed by atoms with Crippen LogP contribution in [-0.4, -0.2) is 40.5 Å². The van der Waals surface area contributed by atoms with E-state index in [1.807, 2.05) is 6.92 Å². The SMILES string of the molecule is CCOC(=O)[C@@H]1C(=S)N2CCc3ccccc3[C@H]2N2CCc3ccccc3[C@@H]12. The lowest BCUT2D eigenvalue weighted by Gasteiger charge is -2.56. The maximum Gasteiger partial charge on any atom is 0.317 e. The van der Waals surface area contributed by atoms with E-state index in [4.69, 9.17) is 17.0 Å². The summed E-state index contributed by atoms with van der Waals surface area (Å²) >= 11 is 5.94. The van der Waals surface area contributed by atoms with Crippen molar-refractivity contribution in [1.82, 2.24) is 9.80 Å². The van der Waals surface area contributed by atoms with E-state index >= 15 is 0 Å². The Morgan fingerprint density at radius 1 is 1.04 bits per heavy atom. The number of nitrogens with zero attached hydrogens (tertiary/aromatic N) is 2. The first kappa shape index (κ1) is 17.8. The number of benzene rings is 2. The minimum Gasteiger partial charge on any atom is -0.465 e. The summed E-state index contributed by atoms with van der Waals surface area (Å²) in [6.45, 7) is 3.99. The maximum absolute atomic E-state index is 13.0. The molecule has 0 N–H and O–H groups in total. The molecule has 5 heteroatoms. The van der Waals surface area contributed by atoms with Gasteiger partial charge < -0.3 is 9.64 Å². The predicted octanol–water partition coefficient (Wildman–Crippen LogP) is 3.66. The van der Waals surface area contributed by atoms with Gasteiger partial charge in [-0.1, -0.05) is 60.7 Å². The van der Waals surface area contributed by atoms with Gasteiger partial charge in [0, 0.05) is 13.1 Å². The molecule has 0 aliphatic carbocycles. The minimum atomic E-state index is -0.432. The normalized spacial score (nSPS) is 26.0. The second-order valence-corrected chi connectivity index (χ2v) is 8.13. The summed E-state index contributed by atoms with van der Waals surface area (Å²) in [6, 6.07) is 17.1. The van der Waals surface area contributed by atoms with Crippen LogP contribution in [0.3, 0.4) is 0 Å². The van der Waals surface area contributed by atoms with Crippen LogP contribution in [-0.2, 0) is 22.4 Å². The zero-order chi connectivity index (χ0) is 19.3. The molecule has 3 atom stereocenters. The summed E-state index contributed by atoms with van der Waals surface area (Å²) in [5.41, 5.74) is 5.25. The number of thiocarbonyl (C=S) groups is 1. The molecule has 3 aliphatic rings. The summed E-state index contributed by atoms with van der Waals surface area (Å²) in [5.74, 6) is -0.630. The molecule has 2 aromatic carbocycles. The standard InChI is InChI=1S/C23H24N2O2S/c1-2-27-23(26)19-20-17-9-5-3-7-15(17)11-13-24(20)21-18-10-6-4-8-16(18)12-14-25(21)22(19)28/h3-10,19-21H,2,11-14H2,1H3/t19-,20-,21-/m0/s1. The van der Waals surface area contributed by atoms with Crippen molar-refractivity contribution in [3.05, 3.63) is 70.8 Å². The Bertz CT molecular complexity index is 944. The molecule has 144 valence electrons. The largest absolute Gasteiger partial charge is 0.465 e. The third kappa shape index (κ3) is 2.60.